The van der Waals surface area contributed by atoms with Crippen molar-refractivity contribution in [2.45, 2.75) is 44.8 Å². The fourth-order valence-electron chi connectivity index (χ4n) is 2.85. The maximum atomic E-state index is 13.6. The van der Waals surface area contributed by atoms with Crippen LogP contribution in [0, 0.1) is 5.92 Å². The molecule has 2 heteroatoms. The average molecular weight is 172 g/mol. The molecule has 70 valence electrons. The van der Waals surface area contributed by atoms with E-state index >= 15 is 0 Å². The Morgan fingerprint density at radius 1 is 1.67 bits per heavy atom. The molecular formula is C10H18FN. The summed E-state index contributed by atoms with van der Waals surface area (Å²) in [5.74, 6) is 0.470. The molecule has 0 radical (unpaired) electrons. The monoisotopic (exact) mass is 172 g/mol. The summed E-state index contributed by atoms with van der Waals surface area (Å²) in [4.78, 5) is 2.20. The van der Waals surface area contributed by atoms with E-state index in [-0.39, 0.29) is 5.54 Å². The van der Waals surface area contributed by atoms with E-state index < -0.39 is 6.15 Å². The minimum atomic E-state index is -1.69. The van der Waals surface area contributed by atoms with Crippen LogP contribution in [0.15, 0.2) is 0 Å². The molecular weight excluding hydrogens is 153 g/mol. The van der Waals surface area contributed by atoms with Crippen LogP contribution in [0.5, 0.6) is 0 Å². The Bertz CT molecular complexity index is 217. The summed E-state index contributed by atoms with van der Waals surface area (Å²) in [5, 5.41) is 0. The first-order valence-corrected chi connectivity index (χ1v) is 4.90. The molecule has 2 aliphatic rings. The van der Waals surface area contributed by atoms with Gasteiger partial charge in [0.25, 0.3) is 0 Å². The first-order chi connectivity index (χ1) is 5.96. The lowest BCUT2D eigenvalue weighted by Crippen LogP contribution is -2.42. The van der Waals surface area contributed by atoms with Crippen LogP contribution in [-0.2, 0) is 0 Å². The van der Waals surface area contributed by atoms with Gasteiger partial charge in [-0.2, -0.15) is 0 Å². The fraction of sp³-hybridized carbons (Fsp3) is 1.00. The van der Waals surface area contributed by atoms with Crippen LogP contribution >= 0.6 is 0 Å². The molecule has 2 fully saturated rings. The van der Waals surface area contributed by atoms with Gasteiger partial charge in [-0.25, -0.2) is 4.39 Å². The van der Waals surface area contributed by atoms with Gasteiger partial charge in [0, 0.05) is 12.1 Å². The van der Waals surface area contributed by atoms with E-state index in [1.165, 1.54) is 6.42 Å². The summed E-state index contributed by atoms with van der Waals surface area (Å²) < 4.78 is 21.1. The lowest BCUT2D eigenvalue weighted by atomic mass is 9.82. The Morgan fingerprint density at radius 2 is 2.42 bits per heavy atom. The molecule has 0 aliphatic carbocycles. The topological polar surface area (TPSA) is 3.24 Å². The van der Waals surface area contributed by atoms with Gasteiger partial charge in [-0.15, -0.1) is 0 Å². The third-order valence-electron chi connectivity index (χ3n) is 3.60. The Morgan fingerprint density at radius 3 is 3.00 bits per heavy atom. The molecule has 0 N–H and O–H groups in total. The molecule has 0 spiro atoms. The predicted molar refractivity (Wildman–Crippen MR) is 47.9 cm³/mol. The number of nitrogens with zero attached hydrogens (tertiary/aromatic N) is 1. The summed E-state index contributed by atoms with van der Waals surface area (Å²) in [6.07, 6.45) is 0.978. The highest BCUT2D eigenvalue weighted by Crippen LogP contribution is 2.44. The molecule has 2 atom stereocenters. The smallest absolute Gasteiger partial charge is 0.115 e. The zero-order valence-electron chi connectivity index (χ0n) is 8.94. The van der Waals surface area contributed by atoms with Crippen molar-refractivity contribution in [2.75, 3.05) is 13.1 Å². The van der Waals surface area contributed by atoms with Crippen LogP contribution < -0.4 is 0 Å². The molecule has 2 aliphatic heterocycles. The minimum Gasteiger partial charge on any atom is -0.294 e. The number of hydrogen-bond donors (Lipinski definition) is 0. The molecule has 2 saturated heterocycles. The quantitative estimate of drug-likeness (QED) is 0.586. The van der Waals surface area contributed by atoms with Crippen LogP contribution in [-0.4, -0.2) is 29.7 Å². The van der Waals surface area contributed by atoms with Crippen LogP contribution in [0.3, 0.4) is 0 Å². The van der Waals surface area contributed by atoms with Gasteiger partial charge in [0.2, 0.25) is 0 Å². The summed E-state index contributed by atoms with van der Waals surface area (Å²) in [7, 11) is 0. The van der Waals surface area contributed by atoms with Gasteiger partial charge in [-0.1, -0.05) is 13.8 Å². The molecule has 1 nitrogen and oxygen atoms in total. The van der Waals surface area contributed by atoms with Crippen LogP contribution in [0.1, 0.15) is 34.5 Å². The SMILES string of the molecule is [2H][C@]1(F)CN2CCC[C@@]2(C(C)C)C1. The lowest BCUT2D eigenvalue weighted by molar-refractivity contribution is 0.136. The molecule has 0 aromatic carbocycles. The van der Waals surface area contributed by atoms with Crippen LogP contribution in [0.25, 0.3) is 0 Å². The second-order valence-corrected chi connectivity index (χ2v) is 4.48. The number of halogens is 1. The molecule has 0 saturated carbocycles. The van der Waals surface area contributed by atoms with Gasteiger partial charge in [0.1, 0.15) is 6.15 Å². The number of rotatable bonds is 1. The van der Waals surface area contributed by atoms with E-state index in [4.69, 9.17) is 1.37 Å². The number of hydrogen-bond acceptors (Lipinski definition) is 1. The normalized spacial score (nSPS) is 49.8. The average Bonchev–Trinajstić information content (AvgIpc) is 2.40. The molecule has 0 aromatic heterocycles. The molecule has 2 rings (SSSR count). The van der Waals surface area contributed by atoms with E-state index in [0.717, 1.165) is 13.0 Å². The van der Waals surface area contributed by atoms with Gasteiger partial charge in [-0.05, 0) is 31.7 Å². The molecule has 0 bridgehead atoms. The minimum absolute atomic E-state index is 0.0104. The Labute approximate surface area is 75.3 Å². The first kappa shape index (κ1) is 7.31. The van der Waals surface area contributed by atoms with Crippen LogP contribution in [0.4, 0.5) is 4.39 Å². The summed E-state index contributed by atoms with van der Waals surface area (Å²) >= 11 is 0. The van der Waals surface area contributed by atoms with Gasteiger partial charge >= 0.3 is 0 Å². The lowest BCUT2D eigenvalue weighted by Gasteiger charge is -2.35. The maximum Gasteiger partial charge on any atom is 0.115 e. The Kier molecular flexibility index (Phi) is 1.64. The van der Waals surface area contributed by atoms with E-state index in [0.29, 0.717) is 18.9 Å². The van der Waals surface area contributed by atoms with Crippen molar-refractivity contribution in [1.82, 2.24) is 4.90 Å². The van der Waals surface area contributed by atoms with E-state index in [9.17, 15) is 4.39 Å². The second-order valence-electron chi connectivity index (χ2n) is 4.48. The van der Waals surface area contributed by atoms with Gasteiger partial charge in [-0.3, -0.25) is 4.90 Å². The van der Waals surface area contributed by atoms with Crippen molar-refractivity contribution >= 4 is 0 Å². The summed E-state index contributed by atoms with van der Waals surface area (Å²) in [6, 6.07) is 0. The highest BCUT2D eigenvalue weighted by atomic mass is 19.1. The van der Waals surface area contributed by atoms with Crippen molar-refractivity contribution in [3.63, 3.8) is 0 Å². The van der Waals surface area contributed by atoms with Crippen molar-refractivity contribution in [3.8, 4) is 0 Å². The highest BCUT2D eigenvalue weighted by Gasteiger charge is 2.50. The fourth-order valence-corrected chi connectivity index (χ4v) is 2.85. The summed E-state index contributed by atoms with van der Waals surface area (Å²) in [6.45, 7) is 5.62. The standard InChI is InChI=1S/C10H18FN/c1-8(2)10-4-3-5-12(10)7-9(11)6-10/h8-9H,3-7H2,1-2H3/t9-,10+/m1/s1/i9D. The molecule has 12 heavy (non-hydrogen) atoms. The molecule has 0 aromatic rings. The summed E-state index contributed by atoms with van der Waals surface area (Å²) in [5.41, 5.74) is 0.0104. The highest BCUT2D eigenvalue weighted by molar-refractivity contribution is 5.05. The molecule has 0 unspecified atom stereocenters. The van der Waals surface area contributed by atoms with Gasteiger partial charge in [0.15, 0.2) is 0 Å². The maximum absolute atomic E-state index is 13.6. The van der Waals surface area contributed by atoms with Gasteiger partial charge < -0.3 is 0 Å². The van der Waals surface area contributed by atoms with Crippen molar-refractivity contribution in [3.05, 3.63) is 0 Å². The third kappa shape index (κ3) is 1.00. The van der Waals surface area contributed by atoms with Crippen molar-refractivity contribution < 1.29 is 5.76 Å². The zero-order chi connectivity index (χ0) is 9.69. The third-order valence-corrected chi connectivity index (χ3v) is 3.60. The largest absolute Gasteiger partial charge is 0.294 e. The Balaban J connectivity index is 2.25. The second kappa shape index (κ2) is 2.69. The first-order valence-electron chi connectivity index (χ1n) is 5.40. The number of alkyl halides is 1. The predicted octanol–water partition coefficient (Wildman–Crippen LogP) is 2.22. The molecule has 2 heterocycles. The Hall–Kier alpha value is -0.110. The van der Waals surface area contributed by atoms with Crippen LogP contribution in [0.2, 0.25) is 0 Å². The van der Waals surface area contributed by atoms with Crippen molar-refractivity contribution in [1.29, 1.82) is 0 Å². The zero-order valence-corrected chi connectivity index (χ0v) is 7.94. The van der Waals surface area contributed by atoms with Crippen molar-refractivity contribution in [2.24, 2.45) is 5.92 Å². The van der Waals surface area contributed by atoms with Gasteiger partial charge in [0.05, 0.1) is 1.37 Å². The van der Waals surface area contributed by atoms with E-state index in [2.05, 4.69) is 18.7 Å². The van der Waals surface area contributed by atoms with E-state index in [1.54, 1.807) is 0 Å². The number of fused-ring (bicyclic) bond motifs is 1. The van der Waals surface area contributed by atoms with E-state index in [1.807, 2.05) is 0 Å². The molecule has 0 amide bonds.